The highest BCUT2D eigenvalue weighted by Crippen LogP contribution is 2.20. The van der Waals surface area contributed by atoms with E-state index in [-0.39, 0.29) is 17.4 Å². The van der Waals surface area contributed by atoms with Gasteiger partial charge in [0.15, 0.2) is 0 Å². The quantitative estimate of drug-likeness (QED) is 0.448. The normalized spacial score (nSPS) is 14.3. The summed E-state index contributed by atoms with van der Waals surface area (Å²) in [5.41, 5.74) is 2.00. The molecule has 0 unspecified atom stereocenters. The zero-order valence-corrected chi connectivity index (χ0v) is 20.4. The fourth-order valence-electron chi connectivity index (χ4n) is 4.06. The van der Waals surface area contributed by atoms with Crippen LogP contribution in [0, 0.1) is 0 Å². The number of sulfonamides is 1. The van der Waals surface area contributed by atoms with Gasteiger partial charge in [0, 0.05) is 58.6 Å². The van der Waals surface area contributed by atoms with E-state index in [1.54, 1.807) is 23.2 Å². The van der Waals surface area contributed by atoms with E-state index in [2.05, 4.69) is 24.6 Å². The number of hydrogen-bond acceptors (Lipinski definition) is 8. The van der Waals surface area contributed by atoms with E-state index >= 15 is 0 Å². The number of nitrogens with two attached hydrogens (primary N) is 1. The first-order chi connectivity index (χ1) is 16.8. The van der Waals surface area contributed by atoms with Crippen LogP contribution in [0.2, 0.25) is 0 Å². The van der Waals surface area contributed by atoms with Gasteiger partial charge in [0.05, 0.1) is 4.90 Å². The average Bonchev–Trinajstić information content (AvgIpc) is 3.25. The Balaban J connectivity index is 1.52. The van der Waals surface area contributed by atoms with E-state index in [9.17, 15) is 13.2 Å². The molecule has 2 N–H and O–H groups in total. The minimum absolute atomic E-state index is 0.0196. The van der Waals surface area contributed by atoms with E-state index < -0.39 is 10.0 Å². The number of anilines is 1. The van der Waals surface area contributed by atoms with Gasteiger partial charge in [-0.1, -0.05) is 18.2 Å². The molecule has 11 nitrogen and oxygen atoms in total. The molecular weight excluding hydrogens is 470 g/mol. The summed E-state index contributed by atoms with van der Waals surface area (Å²) in [5.74, 6) is 1.55. The predicted molar refractivity (Wildman–Crippen MR) is 129 cm³/mol. The number of primary sulfonamides is 1. The van der Waals surface area contributed by atoms with Crippen molar-refractivity contribution in [3.8, 4) is 0 Å². The second-order valence-electron chi connectivity index (χ2n) is 8.35. The standard InChI is InChI=1S/C23H29N7O4S/c1-34-17-22(31)28-11-13-29(14-12-28)23-27-26-21(15-19-3-2-9-25-16-19)30(23)10-8-18-4-6-20(7-5-18)35(24,32)33/h2-7,9,16H,8,10-15,17H2,1H3,(H2,24,32,33). The monoisotopic (exact) mass is 499 g/mol. The molecular formula is C23H29N7O4S. The lowest BCUT2D eigenvalue weighted by Crippen LogP contribution is -2.50. The fourth-order valence-corrected chi connectivity index (χ4v) is 4.58. The Morgan fingerprint density at radius 1 is 1.06 bits per heavy atom. The molecule has 3 heterocycles. The van der Waals surface area contributed by atoms with Crippen molar-refractivity contribution in [3.05, 3.63) is 65.7 Å². The van der Waals surface area contributed by atoms with E-state index in [0.717, 1.165) is 22.9 Å². The highest BCUT2D eigenvalue weighted by Gasteiger charge is 2.25. The zero-order valence-electron chi connectivity index (χ0n) is 19.6. The third-order valence-corrected chi connectivity index (χ3v) is 6.88. The van der Waals surface area contributed by atoms with Gasteiger partial charge in [-0.2, -0.15) is 0 Å². The SMILES string of the molecule is COCC(=O)N1CCN(c2nnc(Cc3cccnc3)n2CCc2ccc(S(N)(=O)=O)cc2)CC1. The van der Waals surface area contributed by atoms with Gasteiger partial charge < -0.3 is 14.5 Å². The number of ether oxygens (including phenoxy) is 1. The van der Waals surface area contributed by atoms with Crippen LogP contribution < -0.4 is 10.0 Å². The van der Waals surface area contributed by atoms with Gasteiger partial charge in [0.1, 0.15) is 12.4 Å². The number of nitrogens with zero attached hydrogens (tertiary/aromatic N) is 6. The maximum Gasteiger partial charge on any atom is 0.248 e. The summed E-state index contributed by atoms with van der Waals surface area (Å²) in [6, 6.07) is 10.5. The second-order valence-corrected chi connectivity index (χ2v) is 9.91. The lowest BCUT2D eigenvalue weighted by Gasteiger charge is -2.35. The molecule has 0 spiro atoms. The van der Waals surface area contributed by atoms with Gasteiger partial charge in [0.25, 0.3) is 0 Å². The first-order valence-electron chi connectivity index (χ1n) is 11.3. The van der Waals surface area contributed by atoms with Crippen LogP contribution in [0.5, 0.6) is 0 Å². The van der Waals surface area contributed by atoms with E-state index in [1.807, 2.05) is 18.3 Å². The summed E-state index contributed by atoms with van der Waals surface area (Å²) < 4.78 is 30.1. The maximum absolute atomic E-state index is 12.2. The minimum Gasteiger partial charge on any atom is -0.375 e. The molecule has 1 aliphatic heterocycles. The number of carbonyl (C=O) groups excluding carboxylic acids is 1. The molecule has 1 amide bonds. The summed E-state index contributed by atoms with van der Waals surface area (Å²) in [4.78, 5) is 20.4. The highest BCUT2D eigenvalue weighted by molar-refractivity contribution is 7.89. The molecule has 12 heteroatoms. The molecule has 0 aliphatic carbocycles. The van der Waals surface area contributed by atoms with Crippen molar-refractivity contribution in [1.29, 1.82) is 0 Å². The Labute approximate surface area is 204 Å². The molecule has 186 valence electrons. The Bertz CT molecular complexity index is 1240. The van der Waals surface area contributed by atoms with Crippen LogP contribution in [-0.2, 0) is 38.9 Å². The van der Waals surface area contributed by atoms with Crippen LogP contribution in [-0.4, -0.2) is 78.9 Å². The lowest BCUT2D eigenvalue weighted by molar-refractivity contribution is -0.135. The molecule has 1 saturated heterocycles. The van der Waals surface area contributed by atoms with Crippen LogP contribution in [0.1, 0.15) is 17.0 Å². The van der Waals surface area contributed by atoms with Crippen molar-refractivity contribution < 1.29 is 17.9 Å². The number of aromatic nitrogens is 4. The van der Waals surface area contributed by atoms with Crippen molar-refractivity contribution >= 4 is 21.9 Å². The largest absolute Gasteiger partial charge is 0.375 e. The topological polar surface area (TPSA) is 137 Å². The van der Waals surface area contributed by atoms with Gasteiger partial charge in [-0.3, -0.25) is 14.3 Å². The molecule has 0 bridgehead atoms. The number of amides is 1. The number of methoxy groups -OCH3 is 1. The first kappa shape index (κ1) is 24.8. The maximum atomic E-state index is 12.2. The summed E-state index contributed by atoms with van der Waals surface area (Å²) >= 11 is 0. The molecule has 0 saturated carbocycles. The summed E-state index contributed by atoms with van der Waals surface area (Å²) in [6.07, 6.45) is 4.78. The zero-order chi connectivity index (χ0) is 24.8. The number of carbonyl (C=O) groups is 1. The number of benzene rings is 1. The van der Waals surface area contributed by atoms with Crippen LogP contribution in [0.4, 0.5) is 5.95 Å². The van der Waals surface area contributed by atoms with Crippen molar-refractivity contribution in [2.75, 3.05) is 44.8 Å². The van der Waals surface area contributed by atoms with E-state index in [4.69, 9.17) is 9.88 Å². The number of hydrogen-bond donors (Lipinski definition) is 1. The molecule has 0 radical (unpaired) electrons. The third kappa shape index (κ3) is 6.21. The van der Waals surface area contributed by atoms with E-state index in [0.29, 0.717) is 45.6 Å². The van der Waals surface area contributed by atoms with Crippen LogP contribution >= 0.6 is 0 Å². The molecule has 1 fully saturated rings. The summed E-state index contributed by atoms with van der Waals surface area (Å²) in [7, 11) is -2.21. The van der Waals surface area contributed by atoms with Crippen LogP contribution in [0.15, 0.2) is 53.7 Å². The molecule has 1 aliphatic rings. The van der Waals surface area contributed by atoms with Gasteiger partial charge in [-0.15, -0.1) is 10.2 Å². The van der Waals surface area contributed by atoms with Crippen molar-refractivity contribution in [2.24, 2.45) is 5.14 Å². The van der Waals surface area contributed by atoms with Crippen molar-refractivity contribution in [1.82, 2.24) is 24.6 Å². The fraction of sp³-hybridized carbons (Fsp3) is 0.391. The highest BCUT2D eigenvalue weighted by atomic mass is 32.2. The molecule has 0 atom stereocenters. The molecule has 1 aromatic carbocycles. The van der Waals surface area contributed by atoms with Crippen molar-refractivity contribution in [3.63, 3.8) is 0 Å². The third-order valence-electron chi connectivity index (χ3n) is 5.95. The number of aryl methyl sites for hydroxylation is 1. The number of rotatable bonds is 9. The molecule has 3 aromatic rings. The Hall–Kier alpha value is -3.35. The van der Waals surface area contributed by atoms with Crippen LogP contribution in [0.3, 0.4) is 0 Å². The predicted octanol–water partition coefficient (Wildman–Crippen LogP) is 0.449. The lowest BCUT2D eigenvalue weighted by atomic mass is 10.1. The smallest absolute Gasteiger partial charge is 0.248 e. The van der Waals surface area contributed by atoms with Gasteiger partial charge in [-0.05, 0) is 35.7 Å². The molecule has 4 rings (SSSR count). The second kappa shape index (κ2) is 10.9. The average molecular weight is 500 g/mol. The summed E-state index contributed by atoms with van der Waals surface area (Å²) in [5, 5.41) is 14.2. The Morgan fingerprint density at radius 2 is 1.80 bits per heavy atom. The van der Waals surface area contributed by atoms with Gasteiger partial charge in [0.2, 0.25) is 21.9 Å². The number of pyridine rings is 1. The van der Waals surface area contributed by atoms with Gasteiger partial charge >= 0.3 is 0 Å². The van der Waals surface area contributed by atoms with Crippen LogP contribution in [0.25, 0.3) is 0 Å². The first-order valence-corrected chi connectivity index (χ1v) is 12.8. The summed E-state index contributed by atoms with van der Waals surface area (Å²) in [6.45, 7) is 3.14. The molecule has 35 heavy (non-hydrogen) atoms. The van der Waals surface area contributed by atoms with Crippen molar-refractivity contribution in [2.45, 2.75) is 24.3 Å². The molecule has 2 aromatic heterocycles. The van der Waals surface area contributed by atoms with Gasteiger partial charge in [-0.25, -0.2) is 13.6 Å². The Kier molecular flexibility index (Phi) is 7.73. The van der Waals surface area contributed by atoms with E-state index in [1.165, 1.54) is 19.2 Å². The minimum atomic E-state index is -3.73. The number of piperazine rings is 1. The Morgan fingerprint density at radius 3 is 2.43 bits per heavy atom.